The Hall–Kier alpha value is -2.21. The number of furan rings is 1. The molecule has 0 fully saturated rings. The van der Waals surface area contributed by atoms with Gasteiger partial charge in [-0.05, 0) is 24.3 Å². The molecule has 0 spiro atoms. The van der Waals surface area contributed by atoms with Gasteiger partial charge in [-0.15, -0.1) is 12.6 Å². The van der Waals surface area contributed by atoms with Crippen molar-refractivity contribution in [3.8, 4) is 0 Å². The lowest BCUT2D eigenvalue weighted by Crippen LogP contribution is -2.34. The first-order chi connectivity index (χ1) is 9.68. The molecule has 20 heavy (non-hydrogen) atoms. The maximum atomic E-state index is 11.8. The second kappa shape index (κ2) is 6.81. The fraction of sp³-hybridized carbons (Fsp3) is 0.143. The van der Waals surface area contributed by atoms with Crippen LogP contribution in [0.4, 0.5) is 0 Å². The van der Waals surface area contributed by atoms with Gasteiger partial charge in [0.05, 0.1) is 11.8 Å². The van der Waals surface area contributed by atoms with Crippen molar-refractivity contribution in [2.75, 3.05) is 13.1 Å². The summed E-state index contributed by atoms with van der Waals surface area (Å²) < 4.78 is 4.95. The topological polar surface area (TPSA) is 71.3 Å². The second-order valence-electron chi connectivity index (χ2n) is 4.01. The summed E-state index contributed by atoms with van der Waals surface area (Å²) in [5.74, 6) is -0.279. The lowest BCUT2D eigenvalue weighted by atomic mass is 10.2. The molecule has 0 radical (unpaired) electrons. The molecule has 0 atom stereocenters. The molecular formula is C14H14N2O3S. The smallest absolute Gasteiger partial charge is 0.287 e. The third kappa shape index (κ3) is 3.64. The standard InChI is InChI=1S/C14H14N2O3S/c17-13(10-4-1-2-6-12(10)20)15-7-8-16-14(18)11-5-3-9-19-11/h1-6,9,20H,7-8H2,(H,15,17)(H,16,18). The van der Waals surface area contributed by atoms with Gasteiger partial charge in [-0.1, -0.05) is 12.1 Å². The third-order valence-electron chi connectivity index (χ3n) is 2.59. The maximum absolute atomic E-state index is 11.8. The fourth-order valence-corrected chi connectivity index (χ4v) is 1.87. The number of amides is 2. The molecule has 1 aromatic carbocycles. The van der Waals surface area contributed by atoms with E-state index in [0.717, 1.165) is 0 Å². The highest BCUT2D eigenvalue weighted by Crippen LogP contribution is 2.12. The van der Waals surface area contributed by atoms with Gasteiger partial charge in [0.25, 0.3) is 11.8 Å². The van der Waals surface area contributed by atoms with Crippen LogP contribution in [0.3, 0.4) is 0 Å². The van der Waals surface area contributed by atoms with Gasteiger partial charge < -0.3 is 15.1 Å². The predicted molar refractivity (Wildman–Crippen MR) is 77.1 cm³/mol. The van der Waals surface area contributed by atoms with Crippen molar-refractivity contribution < 1.29 is 14.0 Å². The summed E-state index contributed by atoms with van der Waals surface area (Å²) in [4.78, 5) is 24.0. The summed E-state index contributed by atoms with van der Waals surface area (Å²) in [6.07, 6.45) is 1.43. The highest BCUT2D eigenvalue weighted by Gasteiger charge is 2.09. The minimum absolute atomic E-state index is 0.220. The molecule has 2 N–H and O–H groups in total. The normalized spacial score (nSPS) is 10.1. The second-order valence-corrected chi connectivity index (χ2v) is 4.49. The molecule has 0 unspecified atom stereocenters. The quantitative estimate of drug-likeness (QED) is 0.580. The zero-order valence-corrected chi connectivity index (χ0v) is 11.5. The minimum atomic E-state index is -0.307. The van der Waals surface area contributed by atoms with Crippen LogP contribution in [0, 0.1) is 0 Å². The Bertz CT molecular complexity index is 596. The van der Waals surface area contributed by atoms with Crippen molar-refractivity contribution in [3.05, 3.63) is 54.0 Å². The Kier molecular flexibility index (Phi) is 4.84. The van der Waals surface area contributed by atoms with Crippen molar-refractivity contribution in [1.29, 1.82) is 0 Å². The number of hydrogen-bond acceptors (Lipinski definition) is 4. The van der Waals surface area contributed by atoms with Gasteiger partial charge in [0.2, 0.25) is 0 Å². The molecular weight excluding hydrogens is 276 g/mol. The van der Waals surface area contributed by atoms with E-state index in [1.807, 2.05) is 6.07 Å². The van der Waals surface area contributed by atoms with Crippen LogP contribution in [0.1, 0.15) is 20.9 Å². The SMILES string of the molecule is O=C(NCCNC(=O)c1ccccc1S)c1ccco1. The van der Waals surface area contributed by atoms with E-state index in [1.54, 1.807) is 30.3 Å². The van der Waals surface area contributed by atoms with Crippen LogP contribution in [0.25, 0.3) is 0 Å². The number of hydrogen-bond donors (Lipinski definition) is 3. The van der Waals surface area contributed by atoms with Gasteiger partial charge in [0.1, 0.15) is 0 Å². The van der Waals surface area contributed by atoms with Gasteiger partial charge in [0.15, 0.2) is 5.76 Å². The zero-order chi connectivity index (χ0) is 14.4. The first-order valence-corrected chi connectivity index (χ1v) is 6.51. The molecule has 0 saturated carbocycles. The Morgan fingerprint density at radius 2 is 1.70 bits per heavy atom. The molecule has 2 amide bonds. The fourth-order valence-electron chi connectivity index (χ4n) is 1.61. The van der Waals surface area contributed by atoms with E-state index in [4.69, 9.17) is 4.42 Å². The Balaban J connectivity index is 1.75. The van der Waals surface area contributed by atoms with Crippen LogP contribution in [-0.2, 0) is 0 Å². The Morgan fingerprint density at radius 1 is 1.00 bits per heavy atom. The molecule has 1 heterocycles. The molecule has 6 heteroatoms. The maximum Gasteiger partial charge on any atom is 0.287 e. The van der Waals surface area contributed by atoms with Gasteiger partial charge in [-0.25, -0.2) is 0 Å². The Morgan fingerprint density at radius 3 is 2.35 bits per heavy atom. The van der Waals surface area contributed by atoms with E-state index in [9.17, 15) is 9.59 Å². The van der Waals surface area contributed by atoms with Crippen LogP contribution in [0.2, 0.25) is 0 Å². The third-order valence-corrected chi connectivity index (χ3v) is 2.98. The van der Waals surface area contributed by atoms with E-state index in [2.05, 4.69) is 23.3 Å². The van der Waals surface area contributed by atoms with Gasteiger partial charge in [-0.3, -0.25) is 9.59 Å². The monoisotopic (exact) mass is 290 g/mol. The molecule has 0 aliphatic heterocycles. The first kappa shape index (κ1) is 14.2. The first-order valence-electron chi connectivity index (χ1n) is 6.06. The highest BCUT2D eigenvalue weighted by molar-refractivity contribution is 7.80. The highest BCUT2D eigenvalue weighted by atomic mass is 32.1. The average Bonchev–Trinajstić information content (AvgIpc) is 2.98. The summed E-state index contributed by atoms with van der Waals surface area (Å²) in [6, 6.07) is 10.2. The van der Waals surface area contributed by atoms with Crippen LogP contribution in [0.5, 0.6) is 0 Å². The molecule has 2 rings (SSSR count). The number of benzene rings is 1. The number of carbonyl (C=O) groups excluding carboxylic acids is 2. The summed E-state index contributed by atoms with van der Waals surface area (Å²) in [6.45, 7) is 0.646. The molecule has 0 aliphatic rings. The van der Waals surface area contributed by atoms with Gasteiger partial charge in [-0.2, -0.15) is 0 Å². The Labute approximate surface area is 121 Å². The molecule has 2 aromatic rings. The summed E-state index contributed by atoms with van der Waals surface area (Å²) in [7, 11) is 0. The lowest BCUT2D eigenvalue weighted by molar-refractivity contribution is 0.0910. The largest absolute Gasteiger partial charge is 0.459 e. The number of nitrogens with one attached hydrogen (secondary N) is 2. The van der Waals surface area contributed by atoms with Crippen molar-refractivity contribution in [3.63, 3.8) is 0 Å². The molecule has 5 nitrogen and oxygen atoms in total. The average molecular weight is 290 g/mol. The zero-order valence-electron chi connectivity index (χ0n) is 10.6. The molecule has 0 aliphatic carbocycles. The van der Waals surface area contributed by atoms with Crippen LogP contribution >= 0.6 is 12.6 Å². The number of thiol groups is 1. The van der Waals surface area contributed by atoms with Crippen LogP contribution in [-0.4, -0.2) is 24.9 Å². The minimum Gasteiger partial charge on any atom is -0.459 e. The predicted octanol–water partition coefficient (Wildman–Crippen LogP) is 1.73. The van der Waals surface area contributed by atoms with Gasteiger partial charge >= 0.3 is 0 Å². The van der Waals surface area contributed by atoms with Crippen molar-refractivity contribution in [1.82, 2.24) is 10.6 Å². The molecule has 1 aromatic heterocycles. The van der Waals surface area contributed by atoms with Crippen molar-refractivity contribution in [2.24, 2.45) is 0 Å². The van der Waals surface area contributed by atoms with Gasteiger partial charge in [0, 0.05) is 18.0 Å². The van der Waals surface area contributed by atoms with Crippen molar-refractivity contribution >= 4 is 24.4 Å². The van der Waals surface area contributed by atoms with E-state index >= 15 is 0 Å². The number of rotatable bonds is 5. The van der Waals surface area contributed by atoms with E-state index in [-0.39, 0.29) is 17.6 Å². The lowest BCUT2D eigenvalue weighted by Gasteiger charge is -2.07. The molecule has 104 valence electrons. The number of carbonyl (C=O) groups is 2. The van der Waals surface area contributed by atoms with E-state index in [1.165, 1.54) is 6.26 Å². The van der Waals surface area contributed by atoms with Crippen LogP contribution < -0.4 is 10.6 Å². The molecule has 0 saturated heterocycles. The van der Waals surface area contributed by atoms with Crippen molar-refractivity contribution in [2.45, 2.75) is 4.90 Å². The summed E-state index contributed by atoms with van der Waals surface area (Å²) >= 11 is 4.21. The molecule has 0 bridgehead atoms. The summed E-state index contributed by atoms with van der Waals surface area (Å²) in [5, 5.41) is 5.35. The van der Waals surface area contributed by atoms with E-state index in [0.29, 0.717) is 23.5 Å². The van der Waals surface area contributed by atoms with Crippen LogP contribution in [0.15, 0.2) is 52.0 Å². The van der Waals surface area contributed by atoms with E-state index < -0.39 is 0 Å². The summed E-state index contributed by atoms with van der Waals surface area (Å²) in [5.41, 5.74) is 0.508.